The third-order valence-electron chi connectivity index (χ3n) is 3.21. The smallest absolute Gasteiger partial charge is 0.270 e. The van der Waals surface area contributed by atoms with Gasteiger partial charge in [0.2, 0.25) is 10.0 Å². The Hall–Kier alpha value is -1.58. The maximum absolute atomic E-state index is 13.7. The highest BCUT2D eigenvalue weighted by Crippen LogP contribution is 2.27. The molecule has 0 aromatic heterocycles. The molecule has 1 unspecified atom stereocenters. The van der Waals surface area contributed by atoms with Gasteiger partial charge in [0.1, 0.15) is 10.7 Å². The Bertz CT molecular complexity index is 635. The molecule has 0 aliphatic carbocycles. The first-order valence-electron chi connectivity index (χ1n) is 6.05. The Morgan fingerprint density at radius 3 is 2.70 bits per heavy atom. The molecule has 1 aliphatic heterocycles. The molecule has 0 radical (unpaired) electrons. The van der Waals surface area contributed by atoms with Gasteiger partial charge in [0.05, 0.1) is 11.1 Å². The van der Waals surface area contributed by atoms with E-state index in [0.29, 0.717) is 12.8 Å². The summed E-state index contributed by atoms with van der Waals surface area (Å²) < 4.78 is 39.5. The molecule has 1 heterocycles. The van der Waals surface area contributed by atoms with E-state index in [-0.39, 0.29) is 6.54 Å². The van der Waals surface area contributed by atoms with Crippen LogP contribution in [0.15, 0.2) is 23.1 Å². The standard InChI is InChI=1S/C11H14FN3O4S/c12-9-5-4-8(15(16)17)7-10(9)20(18,19)14-6-2-1-3-11(14)13/h4-5,7,11H,1-3,6,13H2. The topological polar surface area (TPSA) is 107 Å². The summed E-state index contributed by atoms with van der Waals surface area (Å²) in [7, 11) is -4.17. The minimum atomic E-state index is -4.17. The summed E-state index contributed by atoms with van der Waals surface area (Å²) in [6.07, 6.45) is 1.18. The average Bonchev–Trinajstić information content (AvgIpc) is 2.39. The second-order valence-corrected chi connectivity index (χ2v) is 6.41. The van der Waals surface area contributed by atoms with Gasteiger partial charge in [0, 0.05) is 18.7 Å². The molecule has 9 heteroatoms. The van der Waals surface area contributed by atoms with Crippen molar-refractivity contribution in [2.24, 2.45) is 5.73 Å². The van der Waals surface area contributed by atoms with Gasteiger partial charge in [0.15, 0.2) is 0 Å². The molecule has 2 rings (SSSR count). The van der Waals surface area contributed by atoms with Gasteiger partial charge in [-0.05, 0) is 25.3 Å². The number of hydrogen-bond acceptors (Lipinski definition) is 5. The summed E-state index contributed by atoms with van der Waals surface area (Å²) in [5.74, 6) is -1.02. The molecule has 1 aromatic carbocycles. The summed E-state index contributed by atoms with van der Waals surface area (Å²) in [5.41, 5.74) is 5.26. The van der Waals surface area contributed by atoms with Gasteiger partial charge >= 0.3 is 0 Å². The number of sulfonamides is 1. The number of rotatable bonds is 3. The first-order chi connectivity index (χ1) is 9.34. The summed E-state index contributed by atoms with van der Waals surface area (Å²) in [5, 5.41) is 10.7. The Morgan fingerprint density at radius 1 is 1.40 bits per heavy atom. The van der Waals surface area contributed by atoms with E-state index in [1.165, 1.54) is 0 Å². The lowest BCUT2D eigenvalue weighted by atomic mass is 10.1. The number of piperidine rings is 1. The van der Waals surface area contributed by atoms with Gasteiger partial charge in [-0.1, -0.05) is 0 Å². The fourth-order valence-electron chi connectivity index (χ4n) is 2.16. The van der Waals surface area contributed by atoms with Crippen molar-refractivity contribution in [1.29, 1.82) is 0 Å². The molecule has 0 bridgehead atoms. The number of halogens is 1. The van der Waals surface area contributed by atoms with E-state index in [0.717, 1.165) is 28.9 Å². The van der Waals surface area contributed by atoms with Gasteiger partial charge < -0.3 is 5.73 Å². The van der Waals surface area contributed by atoms with Crippen molar-refractivity contribution in [3.8, 4) is 0 Å². The quantitative estimate of drug-likeness (QED) is 0.667. The third kappa shape index (κ3) is 2.65. The fraction of sp³-hybridized carbons (Fsp3) is 0.455. The zero-order valence-corrected chi connectivity index (χ0v) is 11.3. The lowest BCUT2D eigenvalue weighted by Gasteiger charge is -2.31. The molecule has 1 saturated heterocycles. The minimum absolute atomic E-state index is 0.186. The summed E-state index contributed by atoms with van der Waals surface area (Å²) in [6.45, 7) is 0.186. The Labute approximate surface area is 115 Å². The van der Waals surface area contributed by atoms with E-state index in [2.05, 4.69) is 0 Å². The van der Waals surface area contributed by atoms with Gasteiger partial charge in [-0.15, -0.1) is 0 Å². The number of nitro benzene ring substituents is 1. The molecule has 110 valence electrons. The van der Waals surface area contributed by atoms with Crippen LogP contribution in [0, 0.1) is 15.9 Å². The molecule has 1 aromatic rings. The maximum atomic E-state index is 13.7. The van der Waals surface area contributed by atoms with Crippen LogP contribution in [0.5, 0.6) is 0 Å². The summed E-state index contributed by atoms with van der Waals surface area (Å²) in [6, 6.07) is 2.43. The average molecular weight is 303 g/mol. The van der Waals surface area contributed by atoms with Crippen molar-refractivity contribution < 1.29 is 17.7 Å². The van der Waals surface area contributed by atoms with Crippen molar-refractivity contribution in [1.82, 2.24) is 4.31 Å². The van der Waals surface area contributed by atoms with Crippen molar-refractivity contribution in [2.45, 2.75) is 30.3 Å². The van der Waals surface area contributed by atoms with E-state index in [1.807, 2.05) is 0 Å². The van der Waals surface area contributed by atoms with E-state index < -0.39 is 37.5 Å². The maximum Gasteiger partial charge on any atom is 0.270 e. The first kappa shape index (κ1) is 14.8. The molecule has 1 aliphatic rings. The fourth-order valence-corrected chi connectivity index (χ4v) is 3.83. The van der Waals surface area contributed by atoms with E-state index >= 15 is 0 Å². The van der Waals surface area contributed by atoms with Crippen LogP contribution in [0.2, 0.25) is 0 Å². The highest BCUT2D eigenvalue weighted by molar-refractivity contribution is 7.89. The molecule has 2 N–H and O–H groups in total. The highest BCUT2D eigenvalue weighted by Gasteiger charge is 2.34. The normalized spacial score (nSPS) is 20.8. The molecule has 0 amide bonds. The zero-order valence-electron chi connectivity index (χ0n) is 10.5. The second-order valence-electron chi connectivity index (χ2n) is 4.55. The Morgan fingerprint density at radius 2 is 2.10 bits per heavy atom. The van der Waals surface area contributed by atoms with Crippen LogP contribution < -0.4 is 5.73 Å². The van der Waals surface area contributed by atoms with Crippen molar-refractivity contribution >= 4 is 15.7 Å². The molecular formula is C11H14FN3O4S. The Balaban J connectivity index is 2.48. The van der Waals surface area contributed by atoms with Crippen molar-refractivity contribution in [2.75, 3.05) is 6.54 Å². The monoisotopic (exact) mass is 303 g/mol. The van der Waals surface area contributed by atoms with Gasteiger partial charge in [0.25, 0.3) is 5.69 Å². The van der Waals surface area contributed by atoms with Crippen LogP contribution >= 0.6 is 0 Å². The molecular weight excluding hydrogens is 289 g/mol. The lowest BCUT2D eigenvalue weighted by molar-refractivity contribution is -0.385. The molecule has 7 nitrogen and oxygen atoms in total. The van der Waals surface area contributed by atoms with Crippen LogP contribution in [0.25, 0.3) is 0 Å². The van der Waals surface area contributed by atoms with Crippen molar-refractivity contribution in [3.05, 3.63) is 34.1 Å². The molecule has 20 heavy (non-hydrogen) atoms. The third-order valence-corrected chi connectivity index (χ3v) is 5.15. The van der Waals surface area contributed by atoms with Gasteiger partial charge in [-0.25, -0.2) is 12.8 Å². The minimum Gasteiger partial charge on any atom is -0.315 e. The molecule has 0 spiro atoms. The largest absolute Gasteiger partial charge is 0.315 e. The van der Waals surface area contributed by atoms with E-state index in [1.54, 1.807) is 0 Å². The SMILES string of the molecule is NC1CCCCN1S(=O)(=O)c1cc([N+](=O)[O-])ccc1F. The number of non-ortho nitro benzene ring substituents is 1. The van der Waals surface area contributed by atoms with Crippen LogP contribution in [0.4, 0.5) is 10.1 Å². The number of nitrogens with two attached hydrogens (primary N) is 1. The van der Waals surface area contributed by atoms with E-state index in [9.17, 15) is 22.9 Å². The number of nitro groups is 1. The van der Waals surface area contributed by atoms with Gasteiger partial charge in [-0.3, -0.25) is 10.1 Å². The first-order valence-corrected chi connectivity index (χ1v) is 7.49. The van der Waals surface area contributed by atoms with Gasteiger partial charge in [-0.2, -0.15) is 4.31 Å². The summed E-state index contributed by atoms with van der Waals surface area (Å²) in [4.78, 5) is 9.21. The summed E-state index contributed by atoms with van der Waals surface area (Å²) >= 11 is 0. The highest BCUT2D eigenvalue weighted by atomic mass is 32.2. The van der Waals surface area contributed by atoms with Crippen LogP contribution in [-0.4, -0.2) is 30.4 Å². The molecule has 0 saturated carbocycles. The predicted octanol–water partition coefficient (Wildman–Crippen LogP) is 1.19. The van der Waals surface area contributed by atoms with Crippen molar-refractivity contribution in [3.63, 3.8) is 0 Å². The van der Waals surface area contributed by atoms with Crippen LogP contribution in [0.1, 0.15) is 19.3 Å². The zero-order chi connectivity index (χ0) is 14.9. The molecule has 1 fully saturated rings. The number of benzene rings is 1. The van der Waals surface area contributed by atoms with E-state index in [4.69, 9.17) is 5.73 Å². The molecule has 1 atom stereocenters. The predicted molar refractivity (Wildman–Crippen MR) is 68.8 cm³/mol. The lowest BCUT2D eigenvalue weighted by Crippen LogP contribution is -2.48. The number of hydrogen-bond donors (Lipinski definition) is 1. The second kappa shape index (κ2) is 5.43. The Kier molecular flexibility index (Phi) is 4.02. The van der Waals surface area contributed by atoms with Crippen LogP contribution in [-0.2, 0) is 10.0 Å². The van der Waals surface area contributed by atoms with Crippen LogP contribution in [0.3, 0.4) is 0 Å². The number of nitrogens with zero attached hydrogens (tertiary/aromatic N) is 2.